The Hall–Kier alpha value is -0.570. The average Bonchev–Trinajstić information content (AvgIpc) is 2.24. The quantitative estimate of drug-likeness (QED) is 0.766. The lowest BCUT2D eigenvalue weighted by atomic mass is 9.70. The van der Waals surface area contributed by atoms with Gasteiger partial charge in [0, 0.05) is 18.0 Å². The fraction of sp³-hybridized carbons (Fsp3) is 0.923. The van der Waals surface area contributed by atoms with E-state index in [2.05, 4.69) is 17.6 Å². The fourth-order valence-corrected chi connectivity index (χ4v) is 2.90. The average molecular weight is 224 g/mol. The van der Waals surface area contributed by atoms with Crippen LogP contribution in [0.2, 0.25) is 0 Å². The minimum Gasteiger partial charge on any atom is -0.353 e. The van der Waals surface area contributed by atoms with Crippen molar-refractivity contribution in [2.75, 3.05) is 6.54 Å². The maximum Gasteiger partial charge on any atom is 0.220 e. The molecule has 3 heteroatoms. The van der Waals surface area contributed by atoms with Crippen LogP contribution in [0.5, 0.6) is 0 Å². The summed E-state index contributed by atoms with van der Waals surface area (Å²) in [5.41, 5.74) is 0.390. The minimum absolute atomic E-state index is 0.253. The minimum atomic E-state index is 0.253. The smallest absolute Gasteiger partial charge is 0.220 e. The summed E-state index contributed by atoms with van der Waals surface area (Å²) in [7, 11) is 0. The largest absolute Gasteiger partial charge is 0.353 e. The van der Waals surface area contributed by atoms with Crippen molar-refractivity contribution < 1.29 is 4.79 Å². The summed E-state index contributed by atoms with van der Waals surface area (Å²) in [6.45, 7) is 3.19. The van der Waals surface area contributed by atoms with Gasteiger partial charge in [-0.25, -0.2) is 0 Å². The molecule has 0 aromatic heterocycles. The number of carbonyl (C=O) groups is 1. The summed E-state index contributed by atoms with van der Waals surface area (Å²) < 4.78 is 0. The number of unbranched alkanes of at least 4 members (excludes halogenated alkanes) is 1. The van der Waals surface area contributed by atoms with Gasteiger partial charge >= 0.3 is 0 Å². The Balaban J connectivity index is 1.74. The lowest BCUT2D eigenvalue weighted by Crippen LogP contribution is -2.59. The van der Waals surface area contributed by atoms with Crippen LogP contribution in [0.15, 0.2) is 0 Å². The number of hydrogen-bond donors (Lipinski definition) is 2. The molecule has 1 saturated heterocycles. The van der Waals surface area contributed by atoms with Gasteiger partial charge in [0.25, 0.3) is 0 Å². The Morgan fingerprint density at radius 2 is 2.31 bits per heavy atom. The van der Waals surface area contributed by atoms with Crippen molar-refractivity contribution in [2.24, 2.45) is 0 Å². The highest BCUT2D eigenvalue weighted by Gasteiger charge is 2.41. The van der Waals surface area contributed by atoms with Gasteiger partial charge in [-0.15, -0.1) is 0 Å². The fourth-order valence-electron chi connectivity index (χ4n) is 2.90. The van der Waals surface area contributed by atoms with Gasteiger partial charge in [-0.3, -0.25) is 4.79 Å². The lowest BCUT2D eigenvalue weighted by molar-refractivity contribution is -0.122. The van der Waals surface area contributed by atoms with E-state index in [4.69, 9.17) is 0 Å². The zero-order valence-electron chi connectivity index (χ0n) is 10.3. The molecule has 16 heavy (non-hydrogen) atoms. The zero-order chi connectivity index (χ0) is 11.4. The Kier molecular flexibility index (Phi) is 3.85. The van der Waals surface area contributed by atoms with Gasteiger partial charge < -0.3 is 10.6 Å². The number of hydrogen-bond acceptors (Lipinski definition) is 2. The predicted molar refractivity (Wildman–Crippen MR) is 65.3 cm³/mol. The summed E-state index contributed by atoms with van der Waals surface area (Å²) in [5, 5.41) is 6.83. The Morgan fingerprint density at radius 3 is 2.94 bits per heavy atom. The Bertz CT molecular complexity index is 248. The first-order valence-corrected chi connectivity index (χ1v) is 6.78. The van der Waals surface area contributed by atoms with Crippen LogP contribution in [0.25, 0.3) is 0 Å². The highest BCUT2D eigenvalue weighted by atomic mass is 16.1. The first-order chi connectivity index (χ1) is 7.74. The monoisotopic (exact) mass is 224 g/mol. The second-order valence-electron chi connectivity index (χ2n) is 5.42. The van der Waals surface area contributed by atoms with Crippen LogP contribution in [0, 0.1) is 0 Å². The third-order valence-electron chi connectivity index (χ3n) is 4.06. The van der Waals surface area contributed by atoms with Crippen LogP contribution in [0.4, 0.5) is 0 Å². The molecule has 0 radical (unpaired) electrons. The van der Waals surface area contributed by atoms with E-state index in [1.54, 1.807) is 0 Å². The second kappa shape index (κ2) is 5.17. The second-order valence-corrected chi connectivity index (χ2v) is 5.42. The highest BCUT2D eigenvalue weighted by Crippen LogP contribution is 2.38. The molecule has 0 bridgehead atoms. The molecule has 92 valence electrons. The van der Waals surface area contributed by atoms with Crippen molar-refractivity contribution >= 4 is 5.91 Å². The van der Waals surface area contributed by atoms with Gasteiger partial charge in [0.05, 0.1) is 0 Å². The van der Waals surface area contributed by atoms with Crippen molar-refractivity contribution in [1.29, 1.82) is 0 Å². The lowest BCUT2D eigenvalue weighted by Gasteiger charge is -2.48. The van der Waals surface area contributed by atoms with E-state index in [0.717, 1.165) is 32.2 Å². The number of carbonyl (C=O) groups excluding carboxylic acids is 1. The van der Waals surface area contributed by atoms with E-state index in [-0.39, 0.29) is 5.91 Å². The normalized spacial score (nSPS) is 27.4. The Morgan fingerprint density at radius 1 is 1.50 bits per heavy atom. The molecule has 1 saturated carbocycles. The summed E-state index contributed by atoms with van der Waals surface area (Å²) in [4.78, 5) is 11.7. The summed E-state index contributed by atoms with van der Waals surface area (Å²) in [6.07, 6.45) is 9.01. The van der Waals surface area contributed by atoms with Gasteiger partial charge in [0.15, 0.2) is 0 Å². The SMILES string of the molecule is CCCCC(=O)NC1CCNC2(CCC2)C1. The zero-order valence-corrected chi connectivity index (χ0v) is 10.3. The van der Waals surface area contributed by atoms with Gasteiger partial charge in [0.1, 0.15) is 0 Å². The molecule has 1 atom stereocenters. The van der Waals surface area contributed by atoms with E-state index in [9.17, 15) is 4.79 Å². The van der Waals surface area contributed by atoms with Crippen LogP contribution in [0.3, 0.4) is 0 Å². The van der Waals surface area contributed by atoms with Crippen LogP contribution in [0.1, 0.15) is 58.3 Å². The summed E-state index contributed by atoms with van der Waals surface area (Å²) in [5.74, 6) is 0.253. The molecule has 0 aromatic carbocycles. The number of rotatable bonds is 4. The first-order valence-electron chi connectivity index (χ1n) is 6.78. The van der Waals surface area contributed by atoms with Crippen molar-refractivity contribution in [3.63, 3.8) is 0 Å². The standard InChI is InChI=1S/C13H24N2O/c1-2-3-5-12(16)15-11-6-9-14-13(10-11)7-4-8-13/h11,14H,2-10H2,1H3,(H,15,16). The van der Waals surface area contributed by atoms with Crippen molar-refractivity contribution in [2.45, 2.75) is 69.9 Å². The molecule has 2 N–H and O–H groups in total. The van der Waals surface area contributed by atoms with Crippen molar-refractivity contribution in [1.82, 2.24) is 10.6 Å². The molecule has 1 aliphatic heterocycles. The van der Waals surface area contributed by atoms with Crippen LogP contribution < -0.4 is 10.6 Å². The Labute approximate surface area is 98.4 Å². The third-order valence-corrected chi connectivity index (χ3v) is 4.06. The predicted octanol–water partition coefficient (Wildman–Crippen LogP) is 1.97. The first kappa shape index (κ1) is 11.9. The summed E-state index contributed by atoms with van der Waals surface area (Å²) >= 11 is 0. The van der Waals surface area contributed by atoms with Gasteiger partial charge in [-0.2, -0.15) is 0 Å². The molecule has 1 heterocycles. The van der Waals surface area contributed by atoms with Crippen molar-refractivity contribution in [3.05, 3.63) is 0 Å². The van der Waals surface area contributed by atoms with Gasteiger partial charge in [0.2, 0.25) is 5.91 Å². The van der Waals surface area contributed by atoms with E-state index in [1.165, 1.54) is 19.3 Å². The topological polar surface area (TPSA) is 41.1 Å². The highest BCUT2D eigenvalue weighted by molar-refractivity contribution is 5.76. The summed E-state index contributed by atoms with van der Waals surface area (Å²) in [6, 6.07) is 0.422. The molecule has 2 fully saturated rings. The van der Waals surface area contributed by atoms with Gasteiger partial charge in [-0.1, -0.05) is 13.3 Å². The molecule has 1 unspecified atom stereocenters. The number of nitrogens with one attached hydrogen (secondary N) is 2. The van der Waals surface area contributed by atoms with E-state index >= 15 is 0 Å². The number of amides is 1. The maximum atomic E-state index is 11.7. The van der Waals surface area contributed by atoms with E-state index < -0.39 is 0 Å². The molecular formula is C13H24N2O. The van der Waals surface area contributed by atoms with E-state index in [1.807, 2.05) is 0 Å². The molecule has 3 nitrogen and oxygen atoms in total. The van der Waals surface area contributed by atoms with Gasteiger partial charge in [-0.05, 0) is 45.1 Å². The molecule has 1 spiro atoms. The molecule has 1 aliphatic carbocycles. The molecule has 2 aliphatic rings. The molecule has 1 amide bonds. The number of piperidine rings is 1. The molecule has 2 rings (SSSR count). The van der Waals surface area contributed by atoms with Crippen LogP contribution >= 0.6 is 0 Å². The maximum absolute atomic E-state index is 11.7. The molecular weight excluding hydrogens is 200 g/mol. The van der Waals surface area contributed by atoms with Crippen LogP contribution in [-0.4, -0.2) is 24.0 Å². The van der Waals surface area contributed by atoms with Crippen LogP contribution in [-0.2, 0) is 4.79 Å². The molecule has 0 aromatic rings. The third kappa shape index (κ3) is 2.76. The van der Waals surface area contributed by atoms with E-state index in [0.29, 0.717) is 18.0 Å². The van der Waals surface area contributed by atoms with Crippen molar-refractivity contribution in [3.8, 4) is 0 Å².